The second-order valence-electron chi connectivity index (χ2n) is 4.58. The van der Waals surface area contributed by atoms with E-state index in [2.05, 4.69) is 9.69 Å². The first-order valence-corrected chi connectivity index (χ1v) is 7.07. The highest BCUT2D eigenvalue weighted by Gasteiger charge is 2.26. The average Bonchev–Trinajstić information content (AvgIpc) is 3.07. The molecule has 0 saturated carbocycles. The third-order valence-electron chi connectivity index (χ3n) is 3.24. The summed E-state index contributed by atoms with van der Waals surface area (Å²) in [6.45, 7) is 1.83. The molecule has 0 spiro atoms. The molecule has 6 nitrogen and oxygen atoms in total. The van der Waals surface area contributed by atoms with Gasteiger partial charge in [0.15, 0.2) is 0 Å². The lowest BCUT2D eigenvalue weighted by atomic mass is 10.1. The molecule has 1 aliphatic carbocycles. The van der Waals surface area contributed by atoms with Crippen LogP contribution in [-0.2, 0) is 9.59 Å². The molecule has 2 N–H and O–H groups in total. The lowest BCUT2D eigenvalue weighted by molar-refractivity contribution is -0.133. The number of amides is 1. The number of aromatic nitrogens is 1. The number of carboxylic acids is 1. The maximum atomic E-state index is 12.1. The first-order valence-electron chi connectivity index (χ1n) is 6.29. The fourth-order valence-corrected chi connectivity index (χ4v) is 2.85. The van der Waals surface area contributed by atoms with Crippen LogP contribution in [0.5, 0.6) is 5.88 Å². The number of hydrogen-bond donors (Lipinski definition) is 2. The summed E-state index contributed by atoms with van der Waals surface area (Å²) in [4.78, 5) is 24.1. The molecule has 1 unspecified atom stereocenters. The standard InChI is InChI=1S/C13H16N2O4S/c1-7(10-6-11(19-2)15-20-10)14-12(16)8-4-3-5-9(8)13(17)18/h6-7H,3-5H2,1-2H3,(H,14,16)(H,17,18). The Bertz CT molecular complexity index is 564. The highest BCUT2D eigenvalue weighted by Crippen LogP contribution is 2.28. The van der Waals surface area contributed by atoms with Gasteiger partial charge >= 0.3 is 5.97 Å². The molecule has 1 heterocycles. The van der Waals surface area contributed by atoms with Gasteiger partial charge in [0.05, 0.1) is 18.0 Å². The first kappa shape index (κ1) is 14.5. The van der Waals surface area contributed by atoms with Crippen molar-refractivity contribution in [2.24, 2.45) is 0 Å². The minimum absolute atomic E-state index is 0.230. The Kier molecular flexibility index (Phi) is 4.39. The van der Waals surface area contributed by atoms with E-state index in [1.54, 1.807) is 6.07 Å². The number of rotatable bonds is 5. The number of carboxylic acid groups (broad SMARTS) is 1. The fourth-order valence-electron chi connectivity index (χ4n) is 2.16. The molecular weight excluding hydrogens is 280 g/mol. The monoisotopic (exact) mass is 296 g/mol. The summed E-state index contributed by atoms with van der Waals surface area (Å²) >= 11 is 1.25. The maximum Gasteiger partial charge on any atom is 0.332 e. The Labute approximate surface area is 120 Å². The lowest BCUT2D eigenvalue weighted by Gasteiger charge is -2.12. The number of carbonyl (C=O) groups excluding carboxylic acids is 1. The lowest BCUT2D eigenvalue weighted by Crippen LogP contribution is -2.28. The molecule has 1 aromatic heterocycles. The normalized spacial score (nSPS) is 16.1. The second kappa shape index (κ2) is 6.04. The van der Waals surface area contributed by atoms with E-state index in [4.69, 9.17) is 9.84 Å². The third-order valence-corrected chi connectivity index (χ3v) is 4.19. The molecule has 0 fully saturated rings. The summed E-state index contributed by atoms with van der Waals surface area (Å²) in [5.41, 5.74) is 0.623. The minimum Gasteiger partial charge on any atom is -0.480 e. The summed E-state index contributed by atoms with van der Waals surface area (Å²) in [6, 6.07) is 1.53. The summed E-state index contributed by atoms with van der Waals surface area (Å²) in [7, 11) is 1.53. The molecule has 0 bridgehead atoms. The van der Waals surface area contributed by atoms with E-state index in [0.29, 0.717) is 30.7 Å². The Morgan fingerprint density at radius 3 is 2.75 bits per heavy atom. The Morgan fingerprint density at radius 2 is 2.15 bits per heavy atom. The van der Waals surface area contributed by atoms with E-state index in [-0.39, 0.29) is 17.5 Å². The van der Waals surface area contributed by atoms with Gasteiger partial charge in [-0.3, -0.25) is 4.79 Å². The summed E-state index contributed by atoms with van der Waals surface area (Å²) in [5.74, 6) is -0.795. The number of nitrogens with one attached hydrogen (secondary N) is 1. The predicted octanol–water partition coefficient (Wildman–Crippen LogP) is 1.89. The molecule has 0 aliphatic heterocycles. The molecule has 1 atom stereocenters. The zero-order chi connectivity index (χ0) is 14.7. The van der Waals surface area contributed by atoms with Crippen molar-refractivity contribution in [3.05, 3.63) is 22.1 Å². The van der Waals surface area contributed by atoms with Gasteiger partial charge in [-0.15, -0.1) is 0 Å². The van der Waals surface area contributed by atoms with Crippen molar-refractivity contribution in [2.45, 2.75) is 32.2 Å². The zero-order valence-electron chi connectivity index (χ0n) is 11.3. The number of carbonyl (C=O) groups is 2. The van der Waals surface area contributed by atoms with Crippen molar-refractivity contribution in [2.75, 3.05) is 7.11 Å². The van der Waals surface area contributed by atoms with Gasteiger partial charge in [0.1, 0.15) is 0 Å². The number of aliphatic carboxylic acids is 1. The van der Waals surface area contributed by atoms with E-state index < -0.39 is 5.97 Å². The molecule has 0 radical (unpaired) electrons. The van der Waals surface area contributed by atoms with Gasteiger partial charge in [0.25, 0.3) is 0 Å². The predicted molar refractivity (Wildman–Crippen MR) is 73.7 cm³/mol. The van der Waals surface area contributed by atoms with Crippen LogP contribution < -0.4 is 10.1 Å². The molecule has 7 heteroatoms. The second-order valence-corrected chi connectivity index (χ2v) is 5.42. The number of hydrogen-bond acceptors (Lipinski definition) is 5. The van der Waals surface area contributed by atoms with Crippen molar-refractivity contribution in [1.82, 2.24) is 9.69 Å². The fraction of sp³-hybridized carbons (Fsp3) is 0.462. The van der Waals surface area contributed by atoms with Crippen LogP contribution in [0.1, 0.15) is 37.1 Å². The number of methoxy groups -OCH3 is 1. The van der Waals surface area contributed by atoms with Crippen molar-refractivity contribution >= 4 is 23.4 Å². The number of ether oxygens (including phenoxy) is 1. The molecular formula is C13H16N2O4S. The van der Waals surface area contributed by atoms with Crippen molar-refractivity contribution < 1.29 is 19.4 Å². The van der Waals surface area contributed by atoms with Crippen LogP contribution in [0.3, 0.4) is 0 Å². The average molecular weight is 296 g/mol. The Balaban J connectivity index is 2.07. The smallest absolute Gasteiger partial charge is 0.332 e. The summed E-state index contributed by atoms with van der Waals surface area (Å²) in [5, 5.41) is 11.9. The highest BCUT2D eigenvalue weighted by atomic mass is 32.1. The molecule has 0 saturated heterocycles. The summed E-state index contributed by atoms with van der Waals surface area (Å²) < 4.78 is 9.06. The maximum absolute atomic E-state index is 12.1. The Hall–Kier alpha value is -1.89. The zero-order valence-corrected chi connectivity index (χ0v) is 12.1. The molecule has 2 rings (SSSR count). The van der Waals surface area contributed by atoms with E-state index in [9.17, 15) is 9.59 Å². The van der Waals surface area contributed by atoms with E-state index in [1.165, 1.54) is 18.6 Å². The van der Waals surface area contributed by atoms with Gasteiger partial charge in [-0.2, -0.15) is 4.37 Å². The van der Waals surface area contributed by atoms with Crippen LogP contribution in [0.4, 0.5) is 0 Å². The highest BCUT2D eigenvalue weighted by molar-refractivity contribution is 7.06. The quantitative estimate of drug-likeness (QED) is 0.866. The van der Waals surface area contributed by atoms with Gasteiger partial charge in [-0.25, -0.2) is 4.79 Å². The van der Waals surface area contributed by atoms with Gasteiger partial charge < -0.3 is 15.2 Å². The van der Waals surface area contributed by atoms with Crippen LogP contribution in [-0.4, -0.2) is 28.5 Å². The molecule has 108 valence electrons. The van der Waals surface area contributed by atoms with Crippen LogP contribution in [0.2, 0.25) is 0 Å². The van der Waals surface area contributed by atoms with E-state index >= 15 is 0 Å². The van der Waals surface area contributed by atoms with E-state index in [1.807, 2.05) is 6.92 Å². The third kappa shape index (κ3) is 2.98. The SMILES string of the molecule is COc1cc(C(C)NC(=O)C2=C(C(=O)O)CCC2)sn1. The topological polar surface area (TPSA) is 88.5 Å². The van der Waals surface area contributed by atoms with Crippen LogP contribution >= 0.6 is 11.5 Å². The van der Waals surface area contributed by atoms with Crippen molar-refractivity contribution in [3.63, 3.8) is 0 Å². The molecule has 1 aromatic rings. The summed E-state index contributed by atoms with van der Waals surface area (Å²) in [6.07, 6.45) is 1.69. The molecule has 1 aliphatic rings. The minimum atomic E-state index is -1.00. The van der Waals surface area contributed by atoms with Crippen LogP contribution in [0.25, 0.3) is 0 Å². The van der Waals surface area contributed by atoms with Gasteiger partial charge in [-0.1, -0.05) is 0 Å². The van der Waals surface area contributed by atoms with Gasteiger partial charge in [-0.05, 0) is 37.7 Å². The molecule has 20 heavy (non-hydrogen) atoms. The van der Waals surface area contributed by atoms with Gasteiger partial charge in [0.2, 0.25) is 11.8 Å². The van der Waals surface area contributed by atoms with Crippen molar-refractivity contribution in [1.29, 1.82) is 0 Å². The first-order chi connectivity index (χ1) is 9.52. The van der Waals surface area contributed by atoms with Crippen LogP contribution in [0.15, 0.2) is 17.2 Å². The molecule has 0 aromatic carbocycles. The Morgan fingerprint density at radius 1 is 1.45 bits per heavy atom. The largest absolute Gasteiger partial charge is 0.480 e. The van der Waals surface area contributed by atoms with Crippen LogP contribution in [0, 0.1) is 0 Å². The van der Waals surface area contributed by atoms with Gasteiger partial charge in [0, 0.05) is 17.2 Å². The number of nitrogens with zero attached hydrogens (tertiary/aromatic N) is 1. The van der Waals surface area contributed by atoms with E-state index in [0.717, 1.165) is 4.88 Å². The van der Waals surface area contributed by atoms with Crippen molar-refractivity contribution in [3.8, 4) is 5.88 Å². The molecule has 1 amide bonds.